The third-order valence-electron chi connectivity index (χ3n) is 1.27. The monoisotopic (exact) mass is 318 g/mol. The molecule has 0 saturated carbocycles. The summed E-state index contributed by atoms with van der Waals surface area (Å²) in [7, 11) is 0. The Morgan fingerprint density at radius 2 is 1.62 bits per heavy atom. The molecule has 0 bridgehead atoms. The van der Waals surface area contributed by atoms with Gasteiger partial charge in [0.2, 0.25) is 6.86 Å². The zero-order valence-corrected chi connectivity index (χ0v) is 9.25. The number of rotatable bonds is 2. The maximum Gasteiger partial charge on any atom is 0.228 e. The van der Waals surface area contributed by atoms with E-state index in [9.17, 15) is 13.2 Å². The second-order valence-electron chi connectivity index (χ2n) is 2.05. The van der Waals surface area contributed by atoms with Crippen LogP contribution in [0.25, 0.3) is 0 Å². The van der Waals surface area contributed by atoms with Crippen LogP contribution < -0.4 is 4.74 Å². The Kier molecular flexibility index (Phi) is 3.61. The number of hydrogen-bond acceptors (Lipinski definition) is 1. The van der Waals surface area contributed by atoms with Crippen molar-refractivity contribution in [2.75, 3.05) is 6.86 Å². The Labute approximate surface area is 89.1 Å². The summed E-state index contributed by atoms with van der Waals surface area (Å²) in [5, 5.41) is 0. The molecule has 0 aromatic heterocycles. The van der Waals surface area contributed by atoms with Crippen LogP contribution in [0.15, 0.2) is 15.0 Å². The average molecular weight is 320 g/mol. The van der Waals surface area contributed by atoms with Crippen molar-refractivity contribution in [2.24, 2.45) is 0 Å². The summed E-state index contributed by atoms with van der Waals surface area (Å²) in [6.45, 7) is -1.28. The molecule has 0 saturated heterocycles. The molecule has 72 valence electrons. The Bertz CT molecular complexity index is 304. The second kappa shape index (κ2) is 4.32. The van der Waals surface area contributed by atoms with E-state index < -0.39 is 24.2 Å². The minimum Gasteiger partial charge on any atom is -0.457 e. The van der Waals surface area contributed by atoms with Gasteiger partial charge < -0.3 is 4.74 Å². The average Bonchev–Trinajstić information content (AvgIpc) is 2.09. The van der Waals surface area contributed by atoms with Crippen molar-refractivity contribution in [3.05, 3.63) is 26.6 Å². The van der Waals surface area contributed by atoms with Crippen molar-refractivity contribution in [2.45, 2.75) is 0 Å². The lowest BCUT2D eigenvalue weighted by Gasteiger charge is -2.06. The van der Waals surface area contributed by atoms with Gasteiger partial charge in [0, 0.05) is 0 Å². The van der Waals surface area contributed by atoms with Crippen LogP contribution in [0.5, 0.6) is 5.75 Å². The SMILES string of the molecule is FCOc1c(F)c(Br)cc(Br)c1F. The van der Waals surface area contributed by atoms with E-state index in [2.05, 4.69) is 36.6 Å². The molecular formula is C7H3Br2F3O. The summed E-state index contributed by atoms with van der Waals surface area (Å²) >= 11 is 5.65. The van der Waals surface area contributed by atoms with Gasteiger partial charge in [0.25, 0.3) is 0 Å². The van der Waals surface area contributed by atoms with Crippen molar-refractivity contribution in [1.29, 1.82) is 0 Å². The first kappa shape index (κ1) is 10.8. The highest BCUT2D eigenvalue weighted by Crippen LogP contribution is 2.33. The van der Waals surface area contributed by atoms with E-state index in [1.165, 1.54) is 6.07 Å². The standard InChI is InChI=1S/C7H3Br2F3O/c8-3-1-4(9)6(12)7(5(3)11)13-2-10/h1H,2H2. The van der Waals surface area contributed by atoms with Gasteiger partial charge in [0.1, 0.15) is 0 Å². The van der Waals surface area contributed by atoms with Crippen molar-refractivity contribution < 1.29 is 17.9 Å². The number of halogens is 5. The molecule has 0 unspecified atom stereocenters. The number of benzene rings is 1. The van der Waals surface area contributed by atoms with Crippen molar-refractivity contribution in [3.63, 3.8) is 0 Å². The first-order valence-corrected chi connectivity index (χ1v) is 4.68. The van der Waals surface area contributed by atoms with E-state index in [1.807, 2.05) is 0 Å². The topological polar surface area (TPSA) is 9.23 Å². The minimum absolute atomic E-state index is 0.00391. The summed E-state index contributed by atoms with van der Waals surface area (Å²) in [6, 6.07) is 1.18. The van der Waals surface area contributed by atoms with Gasteiger partial charge in [-0.05, 0) is 37.9 Å². The van der Waals surface area contributed by atoms with E-state index in [1.54, 1.807) is 0 Å². The summed E-state index contributed by atoms with van der Waals surface area (Å²) in [5.41, 5.74) is 0. The van der Waals surface area contributed by atoms with Crippen molar-refractivity contribution in [1.82, 2.24) is 0 Å². The Balaban J connectivity index is 3.28. The Morgan fingerprint density at radius 3 is 2.00 bits per heavy atom. The maximum atomic E-state index is 13.0. The lowest BCUT2D eigenvalue weighted by Crippen LogP contribution is -1.98. The third-order valence-corrected chi connectivity index (χ3v) is 2.42. The van der Waals surface area contributed by atoms with E-state index >= 15 is 0 Å². The molecule has 1 aromatic rings. The van der Waals surface area contributed by atoms with Gasteiger partial charge in [-0.25, -0.2) is 13.2 Å². The van der Waals surface area contributed by atoms with Crippen LogP contribution in [0.1, 0.15) is 0 Å². The van der Waals surface area contributed by atoms with Gasteiger partial charge in [-0.2, -0.15) is 0 Å². The van der Waals surface area contributed by atoms with Crippen LogP contribution in [0.2, 0.25) is 0 Å². The molecule has 0 radical (unpaired) electrons. The van der Waals surface area contributed by atoms with Crippen LogP contribution in [0, 0.1) is 11.6 Å². The highest BCUT2D eigenvalue weighted by Gasteiger charge is 2.17. The lowest BCUT2D eigenvalue weighted by molar-refractivity contribution is 0.176. The Morgan fingerprint density at radius 1 is 1.15 bits per heavy atom. The molecular weight excluding hydrogens is 317 g/mol. The molecule has 0 aliphatic rings. The number of ether oxygens (including phenoxy) is 1. The van der Waals surface area contributed by atoms with Gasteiger partial charge in [-0.3, -0.25) is 0 Å². The highest BCUT2D eigenvalue weighted by atomic mass is 79.9. The molecule has 0 atom stereocenters. The predicted octanol–water partition coefficient (Wildman–Crippen LogP) is 3.80. The summed E-state index contributed by atoms with van der Waals surface area (Å²) < 4.78 is 41.9. The quantitative estimate of drug-likeness (QED) is 0.753. The molecule has 13 heavy (non-hydrogen) atoms. The molecule has 1 rings (SSSR count). The van der Waals surface area contributed by atoms with E-state index in [0.717, 1.165) is 0 Å². The predicted molar refractivity (Wildman–Crippen MR) is 48.4 cm³/mol. The maximum absolute atomic E-state index is 13.0. The zero-order valence-electron chi connectivity index (χ0n) is 6.08. The van der Waals surface area contributed by atoms with Crippen molar-refractivity contribution >= 4 is 31.9 Å². The van der Waals surface area contributed by atoms with Gasteiger partial charge in [-0.1, -0.05) is 0 Å². The molecule has 1 nitrogen and oxygen atoms in total. The smallest absolute Gasteiger partial charge is 0.228 e. The second-order valence-corrected chi connectivity index (χ2v) is 3.76. The third kappa shape index (κ3) is 2.17. The molecule has 1 aromatic carbocycles. The minimum atomic E-state index is -1.28. The van der Waals surface area contributed by atoms with Gasteiger partial charge in [0.15, 0.2) is 17.4 Å². The Hall–Kier alpha value is -0.230. The van der Waals surface area contributed by atoms with Gasteiger partial charge in [-0.15, -0.1) is 0 Å². The molecule has 0 aliphatic carbocycles. The van der Waals surface area contributed by atoms with Crippen LogP contribution in [0.3, 0.4) is 0 Å². The summed E-state index contributed by atoms with van der Waals surface area (Å²) in [4.78, 5) is 0. The fourth-order valence-electron chi connectivity index (χ4n) is 0.733. The molecule has 0 N–H and O–H groups in total. The number of hydrogen-bond donors (Lipinski definition) is 0. The first-order valence-electron chi connectivity index (χ1n) is 3.09. The normalized spacial score (nSPS) is 10.2. The highest BCUT2D eigenvalue weighted by molar-refractivity contribution is 9.11. The van der Waals surface area contributed by atoms with Crippen LogP contribution in [-0.4, -0.2) is 6.86 Å². The molecule has 6 heteroatoms. The van der Waals surface area contributed by atoms with E-state index in [4.69, 9.17) is 0 Å². The largest absolute Gasteiger partial charge is 0.457 e. The zero-order chi connectivity index (χ0) is 10.0. The van der Waals surface area contributed by atoms with Gasteiger partial charge >= 0.3 is 0 Å². The molecule has 0 spiro atoms. The van der Waals surface area contributed by atoms with E-state index in [-0.39, 0.29) is 8.95 Å². The molecule has 0 amide bonds. The lowest BCUT2D eigenvalue weighted by atomic mass is 10.3. The van der Waals surface area contributed by atoms with Crippen molar-refractivity contribution in [3.8, 4) is 5.75 Å². The van der Waals surface area contributed by atoms with Crippen LogP contribution >= 0.6 is 31.9 Å². The molecule has 0 heterocycles. The molecule has 0 fully saturated rings. The van der Waals surface area contributed by atoms with Gasteiger partial charge in [0.05, 0.1) is 8.95 Å². The summed E-state index contributed by atoms with van der Waals surface area (Å²) in [5.74, 6) is -2.65. The first-order chi connectivity index (χ1) is 6.07. The fraction of sp³-hybridized carbons (Fsp3) is 0.143. The van der Waals surface area contributed by atoms with E-state index in [0.29, 0.717) is 0 Å². The fourth-order valence-corrected chi connectivity index (χ4v) is 1.86. The molecule has 0 aliphatic heterocycles. The number of alkyl halides is 1. The van der Waals surface area contributed by atoms with Crippen LogP contribution in [-0.2, 0) is 0 Å². The van der Waals surface area contributed by atoms with Crippen LogP contribution in [0.4, 0.5) is 13.2 Å². The summed E-state index contributed by atoms with van der Waals surface area (Å²) in [6.07, 6.45) is 0.